The van der Waals surface area contributed by atoms with Crippen LogP contribution in [0.2, 0.25) is 0 Å². The molecule has 3 nitrogen and oxygen atoms in total. The first kappa shape index (κ1) is 24.0. The van der Waals surface area contributed by atoms with Crippen LogP contribution in [0.15, 0.2) is 54.6 Å². The molecule has 0 unspecified atom stereocenters. The zero-order valence-corrected chi connectivity index (χ0v) is 20.7. The Labute approximate surface area is 200 Å². The molecule has 0 saturated carbocycles. The third-order valence-electron chi connectivity index (χ3n) is 7.19. The van der Waals surface area contributed by atoms with Crippen LogP contribution in [0.4, 0.5) is 0 Å². The van der Waals surface area contributed by atoms with Crippen molar-refractivity contribution < 1.29 is 14.2 Å². The van der Waals surface area contributed by atoms with Crippen LogP contribution in [-0.2, 0) is 21.5 Å². The Hall–Kier alpha value is -2.10. The Kier molecular flexibility index (Phi) is 7.93. The normalized spacial score (nSPS) is 17.8. The zero-order valence-electron chi connectivity index (χ0n) is 20.7. The third-order valence-corrected chi connectivity index (χ3v) is 7.19. The second kappa shape index (κ2) is 10.9. The van der Waals surface area contributed by atoms with Gasteiger partial charge in [0.25, 0.3) is 0 Å². The summed E-state index contributed by atoms with van der Waals surface area (Å²) < 4.78 is 18.6. The van der Waals surface area contributed by atoms with Gasteiger partial charge in [0.05, 0.1) is 13.2 Å². The Morgan fingerprint density at radius 3 is 2.52 bits per heavy atom. The average Bonchev–Trinajstić information content (AvgIpc) is 3.28. The van der Waals surface area contributed by atoms with Crippen molar-refractivity contribution in [2.24, 2.45) is 0 Å². The molecule has 1 heterocycles. The van der Waals surface area contributed by atoms with Gasteiger partial charge in [-0.3, -0.25) is 0 Å². The van der Waals surface area contributed by atoms with Gasteiger partial charge >= 0.3 is 0 Å². The molecule has 0 aromatic heterocycles. The molecule has 3 heteroatoms. The maximum atomic E-state index is 6.48. The van der Waals surface area contributed by atoms with E-state index in [0.717, 1.165) is 25.0 Å². The van der Waals surface area contributed by atoms with E-state index in [1.807, 2.05) is 6.07 Å². The summed E-state index contributed by atoms with van der Waals surface area (Å²) in [6.45, 7) is 8.95. The molecule has 1 fully saturated rings. The van der Waals surface area contributed by atoms with Gasteiger partial charge < -0.3 is 14.2 Å². The highest BCUT2D eigenvalue weighted by Crippen LogP contribution is 2.43. The summed E-state index contributed by atoms with van der Waals surface area (Å²) in [7, 11) is 0. The van der Waals surface area contributed by atoms with Gasteiger partial charge in [0.2, 0.25) is 0 Å². The lowest BCUT2D eigenvalue weighted by Gasteiger charge is -2.33. The SMILES string of the molecule is CCCCCCC(C)(C)c1ccc(C2=CCCC3(C2)OCCO3)c(OCc2ccccc2)c1. The minimum Gasteiger partial charge on any atom is -0.488 e. The summed E-state index contributed by atoms with van der Waals surface area (Å²) in [5.74, 6) is 0.525. The molecular weight excluding hydrogens is 408 g/mol. The Bertz CT molecular complexity index is 923. The fraction of sp³-hybridized carbons (Fsp3) is 0.533. The highest BCUT2D eigenvalue weighted by atomic mass is 16.7. The van der Waals surface area contributed by atoms with Crippen molar-refractivity contribution in [1.82, 2.24) is 0 Å². The summed E-state index contributed by atoms with van der Waals surface area (Å²) in [5, 5.41) is 0. The van der Waals surface area contributed by atoms with Gasteiger partial charge in [-0.25, -0.2) is 0 Å². The molecule has 178 valence electrons. The zero-order chi connectivity index (χ0) is 23.2. The predicted molar refractivity (Wildman–Crippen MR) is 135 cm³/mol. The molecule has 0 atom stereocenters. The quantitative estimate of drug-likeness (QED) is 0.347. The van der Waals surface area contributed by atoms with Crippen molar-refractivity contribution in [2.45, 2.75) is 89.9 Å². The first-order chi connectivity index (χ1) is 16.0. The van der Waals surface area contributed by atoms with Gasteiger partial charge in [-0.05, 0) is 41.0 Å². The van der Waals surface area contributed by atoms with Crippen LogP contribution in [0.1, 0.15) is 88.8 Å². The van der Waals surface area contributed by atoms with Crippen LogP contribution < -0.4 is 4.74 Å². The summed E-state index contributed by atoms with van der Waals surface area (Å²) in [4.78, 5) is 0. The summed E-state index contributed by atoms with van der Waals surface area (Å²) >= 11 is 0. The molecule has 0 amide bonds. The van der Waals surface area contributed by atoms with E-state index >= 15 is 0 Å². The molecule has 2 aromatic carbocycles. The van der Waals surface area contributed by atoms with Gasteiger partial charge in [-0.1, -0.05) is 95.0 Å². The molecule has 2 aliphatic rings. The van der Waals surface area contributed by atoms with Crippen molar-refractivity contribution in [3.05, 3.63) is 71.3 Å². The molecule has 0 radical (unpaired) electrons. The highest BCUT2D eigenvalue weighted by molar-refractivity contribution is 5.72. The van der Waals surface area contributed by atoms with Gasteiger partial charge in [-0.15, -0.1) is 0 Å². The molecule has 1 spiro atoms. The van der Waals surface area contributed by atoms with Crippen molar-refractivity contribution in [1.29, 1.82) is 0 Å². The lowest BCUT2D eigenvalue weighted by Crippen LogP contribution is -2.32. The Balaban J connectivity index is 1.59. The predicted octanol–water partition coefficient (Wildman–Crippen LogP) is 7.82. The summed E-state index contributed by atoms with van der Waals surface area (Å²) in [6, 6.07) is 17.3. The van der Waals surface area contributed by atoms with Gasteiger partial charge in [0.1, 0.15) is 12.4 Å². The van der Waals surface area contributed by atoms with Crippen molar-refractivity contribution in [2.75, 3.05) is 13.2 Å². The molecular formula is C30H40O3. The first-order valence-electron chi connectivity index (χ1n) is 12.8. The van der Waals surface area contributed by atoms with Crippen LogP contribution in [0.3, 0.4) is 0 Å². The van der Waals surface area contributed by atoms with E-state index in [9.17, 15) is 0 Å². The second-order valence-corrected chi connectivity index (χ2v) is 10.2. The minimum atomic E-state index is -0.446. The Morgan fingerprint density at radius 2 is 1.76 bits per heavy atom. The maximum Gasteiger partial charge on any atom is 0.172 e. The van der Waals surface area contributed by atoms with Crippen LogP contribution in [0.25, 0.3) is 5.57 Å². The number of hydrogen-bond acceptors (Lipinski definition) is 3. The van der Waals surface area contributed by atoms with E-state index in [1.54, 1.807) is 0 Å². The molecule has 2 aromatic rings. The molecule has 0 N–H and O–H groups in total. The second-order valence-electron chi connectivity index (χ2n) is 10.2. The fourth-order valence-corrected chi connectivity index (χ4v) is 5.07. The summed E-state index contributed by atoms with van der Waals surface area (Å²) in [5.41, 5.74) is 5.11. The first-order valence-corrected chi connectivity index (χ1v) is 12.8. The standard InChI is InChI=1S/C30H40O3/c1-4-5-6-10-17-29(2,3)26-15-16-27(25-14-11-18-30(22-25)32-19-20-33-30)28(21-26)31-23-24-12-8-7-9-13-24/h7-9,12-16,21H,4-6,10-11,17-20,22-23H2,1-3H3. The molecule has 1 saturated heterocycles. The number of hydrogen-bond donors (Lipinski definition) is 0. The number of benzene rings is 2. The van der Waals surface area contributed by atoms with E-state index in [0.29, 0.717) is 19.8 Å². The number of allylic oxidation sites excluding steroid dienone is 1. The van der Waals surface area contributed by atoms with E-state index < -0.39 is 5.79 Å². The van der Waals surface area contributed by atoms with Gasteiger partial charge in [0, 0.05) is 18.4 Å². The number of unbranched alkanes of at least 4 members (excludes halogenated alkanes) is 3. The van der Waals surface area contributed by atoms with Gasteiger partial charge in [0.15, 0.2) is 5.79 Å². The molecule has 4 rings (SSSR count). The number of rotatable bonds is 10. The van der Waals surface area contributed by atoms with Crippen LogP contribution in [0.5, 0.6) is 5.75 Å². The minimum absolute atomic E-state index is 0.122. The fourth-order valence-electron chi connectivity index (χ4n) is 5.07. The molecule has 0 bridgehead atoms. The highest BCUT2D eigenvalue weighted by Gasteiger charge is 2.39. The van der Waals surface area contributed by atoms with Crippen molar-refractivity contribution >= 4 is 5.57 Å². The van der Waals surface area contributed by atoms with Gasteiger partial charge in [-0.2, -0.15) is 0 Å². The molecule has 33 heavy (non-hydrogen) atoms. The topological polar surface area (TPSA) is 27.7 Å². The molecule has 1 aliphatic carbocycles. The van der Waals surface area contributed by atoms with Crippen LogP contribution in [-0.4, -0.2) is 19.0 Å². The van der Waals surface area contributed by atoms with E-state index in [4.69, 9.17) is 14.2 Å². The maximum absolute atomic E-state index is 6.48. The van der Waals surface area contributed by atoms with Crippen LogP contribution in [0, 0.1) is 0 Å². The summed E-state index contributed by atoms with van der Waals surface area (Å²) in [6.07, 6.45) is 11.4. The lowest BCUT2D eigenvalue weighted by molar-refractivity contribution is -0.158. The average molecular weight is 449 g/mol. The van der Waals surface area contributed by atoms with E-state index in [2.05, 4.69) is 69.3 Å². The van der Waals surface area contributed by atoms with Crippen molar-refractivity contribution in [3.8, 4) is 5.75 Å². The van der Waals surface area contributed by atoms with Crippen molar-refractivity contribution in [3.63, 3.8) is 0 Å². The third kappa shape index (κ3) is 6.07. The molecule has 1 aliphatic heterocycles. The largest absolute Gasteiger partial charge is 0.488 e. The van der Waals surface area contributed by atoms with E-state index in [1.165, 1.54) is 54.4 Å². The van der Waals surface area contributed by atoms with Crippen LogP contribution >= 0.6 is 0 Å². The lowest BCUT2D eigenvalue weighted by atomic mass is 9.78. The number of ether oxygens (including phenoxy) is 3. The smallest absolute Gasteiger partial charge is 0.172 e. The van der Waals surface area contributed by atoms with E-state index in [-0.39, 0.29) is 5.41 Å². The monoisotopic (exact) mass is 448 g/mol. The Morgan fingerprint density at radius 1 is 0.970 bits per heavy atom.